The normalized spacial score (nSPS) is 11.8. The summed E-state index contributed by atoms with van der Waals surface area (Å²) >= 11 is 0. The molecule has 0 spiro atoms. The second kappa shape index (κ2) is 3.14. The van der Waals surface area contributed by atoms with Crippen LogP contribution >= 0.6 is 0 Å². The molecule has 92 valence electrons. The molecule has 0 bridgehead atoms. The molecule has 19 heavy (non-hydrogen) atoms. The van der Waals surface area contributed by atoms with Gasteiger partial charge in [0.2, 0.25) is 5.43 Å². The molecule has 4 aromatic rings. The predicted molar refractivity (Wildman–Crippen MR) is 72.2 cm³/mol. The Morgan fingerprint density at radius 3 is 2.58 bits per heavy atom. The average Bonchev–Trinajstić information content (AvgIpc) is 2.76. The molecule has 3 aromatic heterocycles. The number of aromatic amines is 1. The molecular weight excluding hydrogens is 244 g/mol. The number of aromatic hydroxyl groups is 1. The second-order valence-electron chi connectivity index (χ2n) is 4.47. The lowest BCUT2D eigenvalue weighted by atomic mass is 10.1. The summed E-state index contributed by atoms with van der Waals surface area (Å²) in [4.78, 5) is 26.7. The van der Waals surface area contributed by atoms with Gasteiger partial charge in [-0.15, -0.1) is 0 Å². The lowest BCUT2D eigenvalue weighted by molar-refractivity contribution is 0.475. The monoisotopic (exact) mass is 252 g/mol. The third-order valence-electron chi connectivity index (χ3n) is 3.46. The van der Waals surface area contributed by atoms with Crippen molar-refractivity contribution in [3.63, 3.8) is 0 Å². The number of benzene rings is 1. The van der Waals surface area contributed by atoms with Crippen LogP contribution in [-0.4, -0.2) is 14.5 Å². The van der Waals surface area contributed by atoms with E-state index < -0.39 is 5.43 Å². The topological polar surface area (TPSA) is 74.6 Å². The van der Waals surface area contributed by atoms with Gasteiger partial charge in [0.1, 0.15) is 5.52 Å². The summed E-state index contributed by atoms with van der Waals surface area (Å²) in [5.74, 6) is -0.386. The van der Waals surface area contributed by atoms with E-state index in [1.807, 2.05) is 6.07 Å². The summed E-state index contributed by atoms with van der Waals surface area (Å²) < 4.78 is 1.38. The molecule has 0 saturated carbocycles. The van der Waals surface area contributed by atoms with E-state index in [2.05, 4.69) is 4.98 Å². The number of hydrogen-bond donors (Lipinski definition) is 2. The first-order valence-corrected chi connectivity index (χ1v) is 5.78. The van der Waals surface area contributed by atoms with Crippen LogP contribution < -0.4 is 11.0 Å². The van der Waals surface area contributed by atoms with Crippen LogP contribution in [0.1, 0.15) is 0 Å². The second-order valence-corrected chi connectivity index (χ2v) is 4.47. The Kier molecular flexibility index (Phi) is 1.67. The number of pyridine rings is 2. The van der Waals surface area contributed by atoms with Crippen molar-refractivity contribution in [2.45, 2.75) is 0 Å². The van der Waals surface area contributed by atoms with E-state index in [1.165, 1.54) is 16.5 Å². The Morgan fingerprint density at radius 2 is 1.74 bits per heavy atom. The summed E-state index contributed by atoms with van der Waals surface area (Å²) in [5.41, 5.74) is 0.983. The smallest absolute Gasteiger partial charge is 0.255 e. The van der Waals surface area contributed by atoms with Gasteiger partial charge in [0, 0.05) is 23.0 Å². The van der Waals surface area contributed by atoms with Crippen LogP contribution in [0, 0.1) is 0 Å². The number of aromatic nitrogens is 2. The van der Waals surface area contributed by atoms with Crippen molar-refractivity contribution in [3.8, 4) is 5.75 Å². The Labute approximate surface area is 105 Å². The lowest BCUT2D eigenvalue weighted by Gasteiger charge is -1.99. The minimum atomic E-state index is -0.487. The van der Waals surface area contributed by atoms with Gasteiger partial charge in [-0.2, -0.15) is 0 Å². The van der Waals surface area contributed by atoms with E-state index in [0.717, 1.165) is 10.9 Å². The van der Waals surface area contributed by atoms with Crippen molar-refractivity contribution in [1.29, 1.82) is 0 Å². The zero-order chi connectivity index (χ0) is 13.1. The molecule has 0 fully saturated rings. The molecule has 5 heteroatoms. The average molecular weight is 252 g/mol. The Balaban J connectivity index is 2.58. The number of rotatable bonds is 0. The van der Waals surface area contributed by atoms with E-state index in [1.54, 1.807) is 18.3 Å². The molecule has 0 saturated heterocycles. The highest BCUT2D eigenvalue weighted by atomic mass is 16.3. The molecule has 0 aliphatic carbocycles. The molecule has 0 atom stereocenters. The quantitative estimate of drug-likeness (QED) is 0.497. The van der Waals surface area contributed by atoms with E-state index in [-0.39, 0.29) is 16.8 Å². The summed E-state index contributed by atoms with van der Waals surface area (Å²) in [6.45, 7) is 0. The maximum Gasteiger partial charge on any atom is 0.255 e. The van der Waals surface area contributed by atoms with Crippen molar-refractivity contribution in [2.75, 3.05) is 0 Å². The van der Waals surface area contributed by atoms with Gasteiger partial charge >= 0.3 is 0 Å². The molecular formula is C14H8N2O3. The fraction of sp³-hybridized carbons (Fsp3) is 0. The summed E-state index contributed by atoms with van der Waals surface area (Å²) in [6, 6.07) is 7.88. The van der Waals surface area contributed by atoms with Crippen LogP contribution in [-0.2, 0) is 0 Å². The largest absolute Gasteiger partial charge is 0.503 e. The third-order valence-corrected chi connectivity index (χ3v) is 3.46. The van der Waals surface area contributed by atoms with E-state index in [4.69, 9.17) is 0 Å². The van der Waals surface area contributed by atoms with Crippen molar-refractivity contribution >= 4 is 27.3 Å². The van der Waals surface area contributed by atoms with Crippen LogP contribution in [0.2, 0.25) is 0 Å². The van der Waals surface area contributed by atoms with Crippen molar-refractivity contribution in [1.82, 2.24) is 9.38 Å². The van der Waals surface area contributed by atoms with Gasteiger partial charge in [-0.3, -0.25) is 14.0 Å². The SMILES string of the molecule is O=c1ccc2c3cc[nH]c4ccc(=O)n(c2c1O)c43. The van der Waals surface area contributed by atoms with Crippen molar-refractivity contribution in [2.24, 2.45) is 0 Å². The maximum atomic E-state index is 12.1. The molecule has 0 aliphatic heterocycles. The van der Waals surface area contributed by atoms with Gasteiger partial charge in [0.05, 0.1) is 11.0 Å². The first-order valence-electron chi connectivity index (χ1n) is 5.78. The van der Waals surface area contributed by atoms with Crippen molar-refractivity contribution < 1.29 is 5.11 Å². The van der Waals surface area contributed by atoms with E-state index in [0.29, 0.717) is 10.9 Å². The van der Waals surface area contributed by atoms with Gasteiger partial charge in [0.15, 0.2) is 5.75 Å². The lowest BCUT2D eigenvalue weighted by Crippen LogP contribution is -2.11. The van der Waals surface area contributed by atoms with Gasteiger partial charge in [-0.25, -0.2) is 0 Å². The highest BCUT2D eigenvalue weighted by Crippen LogP contribution is 2.32. The molecule has 0 radical (unpaired) electrons. The third kappa shape index (κ3) is 1.09. The molecule has 1 aromatic carbocycles. The molecule has 3 heterocycles. The number of fused-ring (bicyclic) bond motifs is 3. The Hall–Kier alpha value is -2.82. The van der Waals surface area contributed by atoms with Gasteiger partial charge in [-0.05, 0) is 24.3 Å². The zero-order valence-corrected chi connectivity index (χ0v) is 9.68. The Bertz CT molecular complexity index is 1060. The summed E-state index contributed by atoms with van der Waals surface area (Å²) in [7, 11) is 0. The maximum absolute atomic E-state index is 12.1. The van der Waals surface area contributed by atoms with Crippen LogP contribution in [0.4, 0.5) is 0 Å². The highest BCUT2D eigenvalue weighted by Gasteiger charge is 2.16. The van der Waals surface area contributed by atoms with Crippen LogP contribution in [0.25, 0.3) is 27.3 Å². The van der Waals surface area contributed by atoms with Gasteiger partial charge < -0.3 is 10.1 Å². The molecule has 0 aliphatic rings. The van der Waals surface area contributed by atoms with E-state index in [9.17, 15) is 14.7 Å². The first kappa shape index (κ1) is 10.1. The minimum Gasteiger partial charge on any atom is -0.503 e. The fourth-order valence-corrected chi connectivity index (χ4v) is 2.66. The predicted octanol–water partition coefficient (Wildman–Crippen LogP) is 1.44. The molecule has 0 unspecified atom stereocenters. The molecule has 2 N–H and O–H groups in total. The van der Waals surface area contributed by atoms with Crippen LogP contribution in [0.3, 0.4) is 0 Å². The first-order chi connectivity index (χ1) is 9.18. The number of phenolic OH excluding ortho intramolecular Hbond substituents is 1. The standard InChI is InChI=1S/C14H8N2O3/c17-10-3-1-7-8-5-6-15-9-2-4-11(18)16(12(8)9)13(7)14(10)19/h1-6,15,19H. The zero-order valence-electron chi connectivity index (χ0n) is 9.68. The number of phenols is 1. The van der Waals surface area contributed by atoms with Crippen LogP contribution in [0.5, 0.6) is 5.75 Å². The number of nitrogens with zero attached hydrogens (tertiary/aromatic N) is 1. The fourth-order valence-electron chi connectivity index (χ4n) is 2.66. The molecule has 5 nitrogen and oxygen atoms in total. The highest BCUT2D eigenvalue weighted by molar-refractivity contribution is 6.14. The molecule has 0 amide bonds. The number of H-pyrrole nitrogens is 1. The number of nitrogens with one attached hydrogen (secondary N) is 1. The van der Waals surface area contributed by atoms with Gasteiger partial charge in [-0.1, -0.05) is 0 Å². The Morgan fingerprint density at radius 1 is 0.947 bits per heavy atom. The summed E-state index contributed by atoms with van der Waals surface area (Å²) in [5, 5.41) is 11.5. The molecule has 4 rings (SSSR count). The van der Waals surface area contributed by atoms with E-state index >= 15 is 0 Å². The van der Waals surface area contributed by atoms with Crippen molar-refractivity contribution in [3.05, 3.63) is 57.1 Å². The van der Waals surface area contributed by atoms with Gasteiger partial charge in [0.25, 0.3) is 5.56 Å². The summed E-state index contributed by atoms with van der Waals surface area (Å²) in [6.07, 6.45) is 1.77. The minimum absolute atomic E-state index is 0.270. The number of hydrogen-bond acceptors (Lipinski definition) is 3. The van der Waals surface area contributed by atoms with Crippen LogP contribution in [0.15, 0.2) is 46.1 Å².